The molecule has 1 unspecified atom stereocenters. The Bertz CT molecular complexity index is 635. The summed E-state index contributed by atoms with van der Waals surface area (Å²) in [4.78, 5) is 26.5. The van der Waals surface area contributed by atoms with E-state index < -0.39 is 5.41 Å². The van der Waals surface area contributed by atoms with Gasteiger partial charge >= 0.3 is 0 Å². The number of rotatable bonds is 3. The fraction of sp³-hybridized carbons (Fsp3) is 0.600. The average Bonchev–Trinajstić information content (AvgIpc) is 2.54. The van der Waals surface area contributed by atoms with Crippen LogP contribution in [0.4, 0.5) is 0 Å². The standard InChI is InChI=1S/C20H31N3O2.ClH/c1-19(2,3)18(25)22-12-14-6-8-15(9-7-14)17(24)23-11-10-16(21)20(4,5)13-23;/h6-9,16H,10-13,21H2,1-5H3,(H,22,25);1H. The fourth-order valence-electron chi connectivity index (χ4n) is 2.94. The summed E-state index contributed by atoms with van der Waals surface area (Å²) >= 11 is 0. The summed E-state index contributed by atoms with van der Waals surface area (Å²) in [6.07, 6.45) is 0.829. The Hall–Kier alpha value is -1.59. The van der Waals surface area contributed by atoms with Crippen molar-refractivity contribution in [2.75, 3.05) is 13.1 Å². The van der Waals surface area contributed by atoms with E-state index in [2.05, 4.69) is 19.2 Å². The Balaban J connectivity index is 0.00000338. The minimum absolute atomic E-state index is 0. The van der Waals surface area contributed by atoms with Crippen LogP contribution >= 0.6 is 12.4 Å². The summed E-state index contributed by atoms with van der Waals surface area (Å²) < 4.78 is 0. The summed E-state index contributed by atoms with van der Waals surface area (Å²) in [7, 11) is 0. The van der Waals surface area contributed by atoms with E-state index in [4.69, 9.17) is 5.73 Å². The fourth-order valence-corrected chi connectivity index (χ4v) is 2.94. The lowest BCUT2D eigenvalue weighted by Crippen LogP contribution is -2.54. The number of hydrogen-bond acceptors (Lipinski definition) is 3. The molecule has 0 aromatic heterocycles. The van der Waals surface area contributed by atoms with Crippen molar-refractivity contribution < 1.29 is 9.59 Å². The van der Waals surface area contributed by atoms with Crippen molar-refractivity contribution in [1.82, 2.24) is 10.2 Å². The maximum atomic E-state index is 12.7. The molecule has 1 heterocycles. The lowest BCUT2D eigenvalue weighted by Gasteiger charge is -2.42. The van der Waals surface area contributed by atoms with E-state index in [1.807, 2.05) is 49.9 Å². The zero-order valence-corrected chi connectivity index (χ0v) is 17.3. The van der Waals surface area contributed by atoms with Crippen molar-refractivity contribution in [2.45, 2.75) is 53.6 Å². The first kappa shape index (κ1) is 22.5. The number of piperidine rings is 1. The highest BCUT2D eigenvalue weighted by molar-refractivity contribution is 5.94. The van der Waals surface area contributed by atoms with Gasteiger partial charge in [0.25, 0.3) is 5.91 Å². The van der Waals surface area contributed by atoms with Gasteiger partial charge in [-0.15, -0.1) is 12.4 Å². The van der Waals surface area contributed by atoms with Crippen LogP contribution in [-0.2, 0) is 11.3 Å². The topological polar surface area (TPSA) is 75.4 Å². The second-order valence-corrected chi connectivity index (χ2v) is 8.74. The van der Waals surface area contributed by atoms with Crippen LogP contribution in [0.15, 0.2) is 24.3 Å². The molecule has 1 atom stereocenters. The molecule has 1 saturated heterocycles. The number of likely N-dealkylation sites (tertiary alicyclic amines) is 1. The Morgan fingerprint density at radius 1 is 1.23 bits per heavy atom. The van der Waals surface area contributed by atoms with Gasteiger partial charge < -0.3 is 16.0 Å². The minimum atomic E-state index is -0.405. The third kappa shape index (κ3) is 5.45. The van der Waals surface area contributed by atoms with Gasteiger partial charge in [-0.05, 0) is 29.5 Å². The minimum Gasteiger partial charge on any atom is -0.352 e. The Morgan fingerprint density at radius 2 is 1.81 bits per heavy atom. The van der Waals surface area contributed by atoms with Crippen molar-refractivity contribution in [3.63, 3.8) is 0 Å². The lowest BCUT2D eigenvalue weighted by atomic mass is 9.79. The number of amides is 2. The molecule has 1 aliphatic heterocycles. The quantitative estimate of drug-likeness (QED) is 0.845. The average molecular weight is 382 g/mol. The van der Waals surface area contributed by atoms with E-state index in [1.54, 1.807) is 0 Å². The van der Waals surface area contributed by atoms with Crippen LogP contribution < -0.4 is 11.1 Å². The molecule has 146 valence electrons. The van der Waals surface area contributed by atoms with Crippen LogP contribution in [0.25, 0.3) is 0 Å². The summed E-state index contributed by atoms with van der Waals surface area (Å²) in [5.41, 5.74) is 7.34. The van der Waals surface area contributed by atoms with E-state index in [9.17, 15) is 9.59 Å². The highest BCUT2D eigenvalue weighted by atomic mass is 35.5. The predicted molar refractivity (Wildman–Crippen MR) is 107 cm³/mol. The molecule has 1 aromatic rings. The monoisotopic (exact) mass is 381 g/mol. The van der Waals surface area contributed by atoms with Gasteiger partial charge in [0, 0.05) is 36.7 Å². The molecule has 26 heavy (non-hydrogen) atoms. The first-order valence-corrected chi connectivity index (χ1v) is 8.93. The van der Waals surface area contributed by atoms with Crippen molar-refractivity contribution in [1.29, 1.82) is 0 Å². The van der Waals surface area contributed by atoms with Gasteiger partial charge in [0.2, 0.25) is 5.91 Å². The second kappa shape index (κ2) is 8.40. The molecule has 0 radical (unpaired) electrons. The van der Waals surface area contributed by atoms with Crippen LogP contribution in [-0.4, -0.2) is 35.8 Å². The number of nitrogens with zero attached hydrogens (tertiary/aromatic N) is 1. The Morgan fingerprint density at radius 3 is 2.31 bits per heavy atom. The molecule has 5 nitrogen and oxygen atoms in total. The Kier molecular flexibility index (Phi) is 7.25. The van der Waals surface area contributed by atoms with Gasteiger partial charge in [0.1, 0.15) is 0 Å². The van der Waals surface area contributed by atoms with Gasteiger partial charge in [-0.3, -0.25) is 9.59 Å². The molecular weight excluding hydrogens is 350 g/mol. The van der Waals surface area contributed by atoms with Gasteiger partial charge in [-0.25, -0.2) is 0 Å². The second-order valence-electron chi connectivity index (χ2n) is 8.74. The molecule has 1 fully saturated rings. The number of carbonyl (C=O) groups is 2. The smallest absolute Gasteiger partial charge is 0.253 e. The number of nitrogens with one attached hydrogen (secondary N) is 1. The van der Waals surface area contributed by atoms with Crippen LogP contribution in [0.3, 0.4) is 0 Å². The molecule has 3 N–H and O–H groups in total. The number of nitrogens with two attached hydrogens (primary N) is 1. The molecule has 0 saturated carbocycles. The van der Waals surface area contributed by atoms with Crippen molar-refractivity contribution in [3.8, 4) is 0 Å². The van der Waals surface area contributed by atoms with E-state index in [0.717, 1.165) is 12.0 Å². The molecule has 2 rings (SSSR count). The third-order valence-electron chi connectivity index (χ3n) is 4.93. The molecule has 1 aromatic carbocycles. The summed E-state index contributed by atoms with van der Waals surface area (Å²) in [5, 5.41) is 2.92. The third-order valence-corrected chi connectivity index (χ3v) is 4.93. The van der Waals surface area contributed by atoms with Gasteiger partial charge in [0.15, 0.2) is 0 Å². The summed E-state index contributed by atoms with van der Waals surface area (Å²) in [5.74, 6) is 0.0600. The maximum Gasteiger partial charge on any atom is 0.253 e. The number of benzene rings is 1. The maximum absolute atomic E-state index is 12.7. The summed E-state index contributed by atoms with van der Waals surface area (Å²) in [6.45, 7) is 11.7. The van der Waals surface area contributed by atoms with Crippen molar-refractivity contribution >= 4 is 24.2 Å². The molecule has 6 heteroatoms. The number of carbonyl (C=O) groups excluding carboxylic acids is 2. The predicted octanol–water partition coefficient (Wildman–Crippen LogP) is 2.97. The van der Waals surface area contributed by atoms with Gasteiger partial charge in [0.05, 0.1) is 0 Å². The first-order valence-electron chi connectivity index (χ1n) is 8.93. The normalized spacial score (nSPS) is 19.5. The van der Waals surface area contributed by atoms with Crippen LogP contribution in [0.2, 0.25) is 0 Å². The van der Waals surface area contributed by atoms with Crippen molar-refractivity contribution in [3.05, 3.63) is 35.4 Å². The molecule has 1 aliphatic rings. The molecular formula is C20H32ClN3O2. The molecule has 2 amide bonds. The lowest BCUT2D eigenvalue weighted by molar-refractivity contribution is -0.128. The molecule has 0 bridgehead atoms. The summed E-state index contributed by atoms with van der Waals surface area (Å²) in [6, 6.07) is 7.60. The van der Waals surface area contributed by atoms with Crippen LogP contribution in [0.1, 0.15) is 57.0 Å². The molecule has 0 aliphatic carbocycles. The Labute approximate surface area is 163 Å². The highest BCUT2D eigenvalue weighted by Crippen LogP contribution is 2.28. The van der Waals surface area contributed by atoms with E-state index in [0.29, 0.717) is 25.2 Å². The van der Waals surface area contributed by atoms with Gasteiger partial charge in [-0.2, -0.15) is 0 Å². The zero-order chi connectivity index (χ0) is 18.8. The van der Waals surface area contributed by atoms with Gasteiger partial charge in [-0.1, -0.05) is 46.8 Å². The highest BCUT2D eigenvalue weighted by Gasteiger charge is 2.35. The van der Waals surface area contributed by atoms with Crippen LogP contribution in [0.5, 0.6) is 0 Å². The molecule has 0 spiro atoms. The largest absolute Gasteiger partial charge is 0.352 e. The number of halogens is 1. The zero-order valence-electron chi connectivity index (χ0n) is 16.5. The SMILES string of the molecule is CC(C)(C)C(=O)NCc1ccc(C(=O)N2CCC(N)C(C)(C)C2)cc1.Cl. The van der Waals surface area contributed by atoms with E-state index >= 15 is 0 Å². The number of hydrogen-bond donors (Lipinski definition) is 2. The first-order chi connectivity index (χ1) is 11.5. The van der Waals surface area contributed by atoms with Crippen molar-refractivity contribution in [2.24, 2.45) is 16.6 Å². The van der Waals surface area contributed by atoms with E-state index in [1.165, 1.54) is 0 Å². The van der Waals surface area contributed by atoms with Crippen LogP contribution in [0, 0.1) is 10.8 Å². The van der Waals surface area contributed by atoms with E-state index in [-0.39, 0.29) is 35.7 Å².